The molecule has 1 aliphatic rings. The van der Waals surface area contributed by atoms with Crippen LogP contribution in [-0.4, -0.2) is 66.5 Å². The number of sulfonamides is 1. The molecule has 0 radical (unpaired) electrons. The zero-order chi connectivity index (χ0) is 15.8. The number of piperidine rings is 1. The molecular weight excluding hydrogens is 294 g/mol. The molecule has 0 amide bonds. The lowest BCUT2D eigenvalue weighted by molar-refractivity contribution is 0.0686. The fourth-order valence-electron chi connectivity index (χ4n) is 2.64. The summed E-state index contributed by atoms with van der Waals surface area (Å²) >= 11 is 0. The molecule has 21 heavy (non-hydrogen) atoms. The molecule has 8 heteroatoms. The van der Waals surface area contributed by atoms with Crippen molar-refractivity contribution in [2.24, 2.45) is 7.05 Å². The van der Waals surface area contributed by atoms with Gasteiger partial charge in [-0.2, -0.15) is 4.31 Å². The van der Waals surface area contributed by atoms with E-state index in [1.165, 1.54) is 28.2 Å². The van der Waals surface area contributed by atoms with Gasteiger partial charge in [-0.3, -0.25) is 0 Å². The maximum absolute atomic E-state index is 12.6. The molecule has 1 aromatic rings. The van der Waals surface area contributed by atoms with Crippen molar-refractivity contribution in [3.05, 3.63) is 18.0 Å². The van der Waals surface area contributed by atoms with Crippen LogP contribution in [0.2, 0.25) is 0 Å². The zero-order valence-corrected chi connectivity index (χ0v) is 13.3. The van der Waals surface area contributed by atoms with Crippen molar-refractivity contribution < 1.29 is 18.3 Å². The van der Waals surface area contributed by atoms with E-state index in [2.05, 4.69) is 4.90 Å². The number of carboxylic acid groups (broad SMARTS) is 1. The molecule has 0 bridgehead atoms. The van der Waals surface area contributed by atoms with Gasteiger partial charge in [-0.15, -0.1) is 0 Å². The predicted octanol–water partition coefficient (Wildman–Crippen LogP) is 0.438. The van der Waals surface area contributed by atoms with Crippen LogP contribution in [0.3, 0.4) is 0 Å². The van der Waals surface area contributed by atoms with Gasteiger partial charge in [0.25, 0.3) is 0 Å². The Kier molecular flexibility index (Phi) is 4.40. The first-order valence-electron chi connectivity index (χ1n) is 6.79. The van der Waals surface area contributed by atoms with E-state index < -0.39 is 16.0 Å². The summed E-state index contributed by atoms with van der Waals surface area (Å²) in [5.74, 6) is -1.13. The number of carbonyl (C=O) groups is 1. The highest BCUT2D eigenvalue weighted by Gasteiger charge is 2.31. The molecule has 1 aromatic heterocycles. The standard InChI is InChI=1S/C13H21N3O4S/c1-14(2)10-4-6-16(7-5-10)21(19,20)11-8-12(13(17)18)15(3)9-11/h8-10H,4-7H2,1-3H3,(H,17,18). The quantitative estimate of drug-likeness (QED) is 0.871. The van der Waals surface area contributed by atoms with Crippen LogP contribution in [0.5, 0.6) is 0 Å². The lowest BCUT2D eigenvalue weighted by Gasteiger charge is -2.34. The zero-order valence-electron chi connectivity index (χ0n) is 12.5. The fourth-order valence-corrected chi connectivity index (χ4v) is 4.18. The van der Waals surface area contributed by atoms with Gasteiger partial charge in [0.2, 0.25) is 10.0 Å². The summed E-state index contributed by atoms with van der Waals surface area (Å²) in [4.78, 5) is 13.2. The van der Waals surface area contributed by atoms with Gasteiger partial charge in [0.05, 0.1) is 0 Å². The average molecular weight is 315 g/mol. The van der Waals surface area contributed by atoms with Gasteiger partial charge < -0.3 is 14.6 Å². The van der Waals surface area contributed by atoms with Gasteiger partial charge >= 0.3 is 5.97 Å². The number of hydrogen-bond acceptors (Lipinski definition) is 4. The second-order valence-electron chi connectivity index (χ2n) is 5.58. The molecule has 7 nitrogen and oxygen atoms in total. The monoisotopic (exact) mass is 315 g/mol. The van der Waals surface area contributed by atoms with Gasteiger partial charge in [0, 0.05) is 32.4 Å². The van der Waals surface area contributed by atoms with E-state index in [4.69, 9.17) is 5.11 Å². The Morgan fingerprint density at radius 2 is 1.90 bits per heavy atom. The third-order valence-electron chi connectivity index (χ3n) is 3.99. The van der Waals surface area contributed by atoms with Crippen LogP contribution in [0.15, 0.2) is 17.2 Å². The average Bonchev–Trinajstić information content (AvgIpc) is 2.82. The molecule has 1 saturated heterocycles. The van der Waals surface area contributed by atoms with Crippen LogP contribution >= 0.6 is 0 Å². The molecule has 0 aromatic carbocycles. The number of nitrogens with zero attached hydrogens (tertiary/aromatic N) is 3. The highest BCUT2D eigenvalue weighted by atomic mass is 32.2. The molecule has 0 unspecified atom stereocenters. The minimum atomic E-state index is -3.62. The van der Waals surface area contributed by atoms with E-state index in [1.807, 2.05) is 14.1 Å². The minimum absolute atomic E-state index is 0.0308. The highest BCUT2D eigenvalue weighted by Crippen LogP contribution is 2.23. The molecule has 0 spiro atoms. The van der Waals surface area contributed by atoms with Crippen LogP contribution in [0.1, 0.15) is 23.3 Å². The molecule has 0 saturated carbocycles. The van der Waals surface area contributed by atoms with E-state index in [1.54, 1.807) is 0 Å². The van der Waals surface area contributed by atoms with Crippen LogP contribution in [0.25, 0.3) is 0 Å². The lowest BCUT2D eigenvalue weighted by Crippen LogP contribution is -2.44. The van der Waals surface area contributed by atoms with E-state index in [0.29, 0.717) is 19.1 Å². The number of aromatic carboxylic acids is 1. The maximum Gasteiger partial charge on any atom is 0.352 e. The molecule has 1 fully saturated rings. The van der Waals surface area contributed by atoms with Crippen LogP contribution in [-0.2, 0) is 17.1 Å². The second-order valence-corrected chi connectivity index (χ2v) is 7.51. The van der Waals surface area contributed by atoms with Crippen LogP contribution in [0, 0.1) is 0 Å². The smallest absolute Gasteiger partial charge is 0.352 e. The Hall–Kier alpha value is -1.38. The first kappa shape index (κ1) is 16.0. The lowest BCUT2D eigenvalue weighted by atomic mass is 10.1. The summed E-state index contributed by atoms with van der Waals surface area (Å²) in [6, 6.07) is 1.61. The first-order valence-corrected chi connectivity index (χ1v) is 8.23. The molecular formula is C13H21N3O4S. The van der Waals surface area contributed by atoms with E-state index >= 15 is 0 Å². The molecule has 2 heterocycles. The van der Waals surface area contributed by atoms with Gasteiger partial charge in [-0.1, -0.05) is 0 Å². The van der Waals surface area contributed by atoms with Crippen molar-refractivity contribution in [1.82, 2.24) is 13.8 Å². The van der Waals surface area contributed by atoms with E-state index in [9.17, 15) is 13.2 Å². The third-order valence-corrected chi connectivity index (χ3v) is 5.85. The summed E-state index contributed by atoms with van der Waals surface area (Å²) in [5, 5.41) is 9.02. The SMILES string of the molecule is CN(C)C1CCN(S(=O)(=O)c2cc(C(=O)O)n(C)c2)CC1. The Morgan fingerprint density at radius 1 is 1.33 bits per heavy atom. The maximum atomic E-state index is 12.6. The van der Waals surface area contributed by atoms with Crippen molar-refractivity contribution in [3.63, 3.8) is 0 Å². The Labute approximate surface area is 124 Å². The molecule has 1 aliphatic heterocycles. The van der Waals surface area contributed by atoms with Gasteiger partial charge in [0.1, 0.15) is 10.6 Å². The van der Waals surface area contributed by atoms with Crippen molar-refractivity contribution in [2.45, 2.75) is 23.8 Å². The summed E-state index contributed by atoms with van der Waals surface area (Å²) < 4.78 is 27.9. The number of hydrogen-bond donors (Lipinski definition) is 1. The number of rotatable bonds is 4. The van der Waals surface area contributed by atoms with Crippen molar-refractivity contribution in [3.8, 4) is 0 Å². The molecule has 118 valence electrons. The highest BCUT2D eigenvalue weighted by molar-refractivity contribution is 7.89. The van der Waals surface area contributed by atoms with E-state index in [0.717, 1.165) is 12.8 Å². The van der Waals surface area contributed by atoms with E-state index in [-0.39, 0.29) is 10.6 Å². The largest absolute Gasteiger partial charge is 0.477 e. The Bertz CT molecular complexity index is 628. The normalized spacial score (nSPS) is 18.3. The van der Waals surface area contributed by atoms with Gasteiger partial charge in [-0.05, 0) is 33.0 Å². The summed E-state index contributed by atoms with van der Waals surface area (Å²) in [5.41, 5.74) is -0.0308. The first-order chi connectivity index (χ1) is 9.73. The topological polar surface area (TPSA) is 82.8 Å². The number of aromatic nitrogens is 1. The fraction of sp³-hybridized carbons (Fsp3) is 0.615. The van der Waals surface area contributed by atoms with Crippen molar-refractivity contribution in [1.29, 1.82) is 0 Å². The van der Waals surface area contributed by atoms with Gasteiger partial charge in [0.15, 0.2) is 0 Å². The summed E-state index contributed by atoms with van der Waals surface area (Å²) in [7, 11) is 1.90. The van der Waals surface area contributed by atoms with Crippen LogP contribution in [0.4, 0.5) is 0 Å². The second kappa shape index (κ2) is 5.78. The molecule has 0 aliphatic carbocycles. The molecule has 2 rings (SSSR count). The van der Waals surface area contributed by atoms with Crippen molar-refractivity contribution in [2.75, 3.05) is 27.2 Å². The van der Waals surface area contributed by atoms with Crippen molar-refractivity contribution >= 4 is 16.0 Å². The Morgan fingerprint density at radius 3 is 2.33 bits per heavy atom. The molecule has 0 atom stereocenters. The Balaban J connectivity index is 2.20. The summed E-state index contributed by atoms with van der Waals surface area (Å²) in [6.45, 7) is 0.922. The molecule has 1 N–H and O–H groups in total. The summed E-state index contributed by atoms with van der Waals surface area (Å²) in [6.07, 6.45) is 2.92. The minimum Gasteiger partial charge on any atom is -0.477 e. The number of carboxylic acids is 1. The van der Waals surface area contributed by atoms with Crippen LogP contribution < -0.4 is 0 Å². The van der Waals surface area contributed by atoms with Gasteiger partial charge in [-0.25, -0.2) is 13.2 Å². The predicted molar refractivity (Wildman–Crippen MR) is 77.8 cm³/mol. The third kappa shape index (κ3) is 3.12. The number of aryl methyl sites for hydroxylation is 1.